The number of hydrogen-bond acceptors (Lipinski definition) is 3. The van der Waals surface area contributed by atoms with Crippen LogP contribution >= 0.6 is 23.2 Å². The molecule has 0 saturated heterocycles. The average molecular weight is 298 g/mol. The second-order valence-corrected chi connectivity index (χ2v) is 6.05. The summed E-state index contributed by atoms with van der Waals surface area (Å²) in [6.45, 7) is 1.57. The van der Waals surface area contributed by atoms with Crippen LogP contribution in [0.5, 0.6) is 0 Å². The van der Waals surface area contributed by atoms with Crippen LogP contribution < -0.4 is 4.72 Å². The van der Waals surface area contributed by atoms with Gasteiger partial charge in [0.25, 0.3) is 0 Å². The molecule has 0 aliphatic rings. The highest BCUT2D eigenvalue weighted by atomic mass is 35.5. The van der Waals surface area contributed by atoms with E-state index in [1.807, 2.05) is 0 Å². The minimum absolute atomic E-state index is 0.00198. The van der Waals surface area contributed by atoms with Crippen molar-refractivity contribution in [2.24, 2.45) is 0 Å². The monoisotopic (exact) mass is 297 g/mol. The van der Waals surface area contributed by atoms with Crippen LogP contribution in [0.1, 0.15) is 13.3 Å². The van der Waals surface area contributed by atoms with Crippen LogP contribution in [0.3, 0.4) is 0 Å². The summed E-state index contributed by atoms with van der Waals surface area (Å²) in [4.78, 5) is -0.0588. The lowest BCUT2D eigenvalue weighted by molar-refractivity contribution is 0.275. The second-order valence-electron chi connectivity index (χ2n) is 3.59. The minimum atomic E-state index is -3.71. The molecule has 0 bridgehead atoms. The van der Waals surface area contributed by atoms with Crippen molar-refractivity contribution in [1.29, 1.82) is 0 Å². The van der Waals surface area contributed by atoms with E-state index in [-0.39, 0.29) is 27.6 Å². The molecule has 0 saturated carbocycles. The van der Waals surface area contributed by atoms with Crippen LogP contribution in [0, 0.1) is 0 Å². The van der Waals surface area contributed by atoms with E-state index in [1.165, 1.54) is 18.2 Å². The summed E-state index contributed by atoms with van der Waals surface area (Å²) < 4.78 is 26.3. The lowest BCUT2D eigenvalue weighted by Crippen LogP contribution is -2.33. The van der Waals surface area contributed by atoms with E-state index in [1.54, 1.807) is 6.92 Å². The molecule has 1 atom stereocenters. The summed E-state index contributed by atoms with van der Waals surface area (Å²) in [5.74, 6) is 0. The number of rotatable bonds is 5. The first-order chi connectivity index (χ1) is 7.88. The molecule has 2 N–H and O–H groups in total. The van der Waals surface area contributed by atoms with Crippen LogP contribution in [-0.2, 0) is 10.0 Å². The maximum atomic E-state index is 12.0. The fourth-order valence-corrected chi connectivity index (χ4v) is 3.31. The van der Waals surface area contributed by atoms with Crippen molar-refractivity contribution in [1.82, 2.24) is 4.72 Å². The quantitative estimate of drug-likeness (QED) is 0.874. The summed E-state index contributed by atoms with van der Waals surface area (Å²) in [7, 11) is -3.71. The molecule has 1 rings (SSSR count). The van der Waals surface area contributed by atoms with Gasteiger partial charge in [0, 0.05) is 12.6 Å². The third kappa shape index (κ3) is 3.82. The molecular weight excluding hydrogens is 285 g/mol. The van der Waals surface area contributed by atoms with E-state index in [9.17, 15) is 8.42 Å². The normalized spacial score (nSPS) is 13.6. The molecule has 17 heavy (non-hydrogen) atoms. The van der Waals surface area contributed by atoms with Crippen LogP contribution in [0.2, 0.25) is 10.0 Å². The first kappa shape index (κ1) is 14.7. The number of aliphatic hydroxyl groups is 1. The van der Waals surface area contributed by atoms with Gasteiger partial charge in [-0.1, -0.05) is 29.3 Å². The SMILES string of the molecule is CC(CCO)NS(=O)(=O)c1cccc(Cl)c1Cl. The highest BCUT2D eigenvalue weighted by Gasteiger charge is 2.21. The molecule has 0 aromatic heterocycles. The van der Waals surface area contributed by atoms with Crippen molar-refractivity contribution >= 4 is 33.2 Å². The Morgan fingerprint density at radius 2 is 2.06 bits per heavy atom. The van der Waals surface area contributed by atoms with Crippen molar-refractivity contribution in [3.8, 4) is 0 Å². The van der Waals surface area contributed by atoms with Gasteiger partial charge in [0.05, 0.1) is 10.0 Å². The van der Waals surface area contributed by atoms with Gasteiger partial charge in [-0.15, -0.1) is 0 Å². The Bertz CT molecular complexity index is 490. The Balaban J connectivity index is 3.02. The average Bonchev–Trinajstić information content (AvgIpc) is 2.21. The van der Waals surface area contributed by atoms with Gasteiger partial charge < -0.3 is 5.11 Å². The maximum Gasteiger partial charge on any atom is 0.242 e. The highest BCUT2D eigenvalue weighted by molar-refractivity contribution is 7.89. The Morgan fingerprint density at radius 1 is 1.41 bits per heavy atom. The van der Waals surface area contributed by atoms with Crippen molar-refractivity contribution in [2.75, 3.05) is 6.61 Å². The third-order valence-electron chi connectivity index (χ3n) is 2.12. The molecule has 0 aliphatic heterocycles. The topological polar surface area (TPSA) is 66.4 Å². The van der Waals surface area contributed by atoms with E-state index >= 15 is 0 Å². The minimum Gasteiger partial charge on any atom is -0.396 e. The summed E-state index contributed by atoms with van der Waals surface area (Å²) in [6, 6.07) is 4.03. The molecule has 1 aromatic carbocycles. The summed E-state index contributed by atoms with van der Waals surface area (Å²) in [6.07, 6.45) is 0.331. The van der Waals surface area contributed by atoms with Gasteiger partial charge in [-0.2, -0.15) is 0 Å². The molecule has 0 heterocycles. The van der Waals surface area contributed by atoms with Crippen LogP contribution in [0.25, 0.3) is 0 Å². The van der Waals surface area contributed by atoms with Gasteiger partial charge in [-0.25, -0.2) is 13.1 Å². The lowest BCUT2D eigenvalue weighted by Gasteiger charge is -2.14. The summed E-state index contributed by atoms with van der Waals surface area (Å²) in [5.41, 5.74) is 0. The fraction of sp³-hybridized carbons (Fsp3) is 0.400. The molecular formula is C10H13Cl2NO3S. The molecule has 0 amide bonds. The molecule has 7 heteroatoms. The molecule has 4 nitrogen and oxygen atoms in total. The summed E-state index contributed by atoms with van der Waals surface area (Å²) in [5, 5.41) is 8.90. The number of nitrogens with one attached hydrogen (secondary N) is 1. The van der Waals surface area contributed by atoms with E-state index in [4.69, 9.17) is 28.3 Å². The molecule has 1 unspecified atom stereocenters. The van der Waals surface area contributed by atoms with Gasteiger partial charge in [-0.3, -0.25) is 0 Å². The molecule has 96 valence electrons. The standard InChI is InChI=1S/C10H13Cl2NO3S/c1-7(5-6-14)13-17(15,16)9-4-2-3-8(11)10(9)12/h2-4,7,13-14H,5-6H2,1H3. The summed E-state index contributed by atoms with van der Waals surface area (Å²) >= 11 is 11.6. The number of sulfonamides is 1. The van der Waals surface area contributed by atoms with Gasteiger partial charge in [0.1, 0.15) is 4.90 Å². The largest absolute Gasteiger partial charge is 0.396 e. The van der Waals surface area contributed by atoms with Crippen molar-refractivity contribution in [2.45, 2.75) is 24.3 Å². The zero-order valence-corrected chi connectivity index (χ0v) is 11.5. The van der Waals surface area contributed by atoms with Crippen molar-refractivity contribution < 1.29 is 13.5 Å². The fourth-order valence-electron chi connectivity index (χ4n) is 1.27. The zero-order valence-electron chi connectivity index (χ0n) is 9.15. The number of benzene rings is 1. The molecule has 0 radical (unpaired) electrons. The Labute approximate surface area is 111 Å². The van der Waals surface area contributed by atoms with Crippen LogP contribution in [-0.4, -0.2) is 26.2 Å². The predicted molar refractivity (Wildman–Crippen MR) is 67.9 cm³/mol. The van der Waals surface area contributed by atoms with Crippen molar-refractivity contribution in [3.63, 3.8) is 0 Å². The number of hydrogen-bond donors (Lipinski definition) is 2. The number of aliphatic hydroxyl groups excluding tert-OH is 1. The number of halogens is 2. The smallest absolute Gasteiger partial charge is 0.242 e. The van der Waals surface area contributed by atoms with Crippen molar-refractivity contribution in [3.05, 3.63) is 28.2 Å². The highest BCUT2D eigenvalue weighted by Crippen LogP contribution is 2.28. The van der Waals surface area contributed by atoms with E-state index in [2.05, 4.69) is 4.72 Å². The lowest BCUT2D eigenvalue weighted by atomic mass is 10.3. The van der Waals surface area contributed by atoms with Gasteiger partial charge in [0.2, 0.25) is 10.0 Å². The van der Waals surface area contributed by atoms with E-state index in [0.717, 1.165) is 0 Å². The van der Waals surface area contributed by atoms with Gasteiger partial charge in [0.15, 0.2) is 0 Å². The molecule has 0 spiro atoms. The van der Waals surface area contributed by atoms with E-state index < -0.39 is 10.0 Å². The maximum absolute atomic E-state index is 12.0. The first-order valence-electron chi connectivity index (χ1n) is 4.95. The van der Waals surface area contributed by atoms with E-state index in [0.29, 0.717) is 6.42 Å². The zero-order chi connectivity index (χ0) is 13.1. The Kier molecular flexibility index (Phi) is 5.22. The first-order valence-corrected chi connectivity index (χ1v) is 7.19. The van der Waals surface area contributed by atoms with Crippen LogP contribution in [0.15, 0.2) is 23.1 Å². The predicted octanol–water partition coefficient (Wildman–Crippen LogP) is 2.04. The second kappa shape index (κ2) is 6.02. The molecule has 0 aliphatic carbocycles. The van der Waals surface area contributed by atoms with Crippen LogP contribution in [0.4, 0.5) is 0 Å². The molecule has 0 fully saturated rings. The van der Waals surface area contributed by atoms with Gasteiger partial charge >= 0.3 is 0 Å². The Hall–Kier alpha value is -0.330. The Morgan fingerprint density at radius 3 is 2.65 bits per heavy atom. The third-order valence-corrected chi connectivity index (χ3v) is 4.69. The van der Waals surface area contributed by atoms with Gasteiger partial charge in [-0.05, 0) is 25.5 Å². The molecule has 1 aromatic rings.